The second kappa shape index (κ2) is 8.71. The number of carbonyl (C=O) groups is 1. The number of sulfonamides is 1. The van der Waals surface area contributed by atoms with Gasteiger partial charge in [-0.05, 0) is 67.5 Å². The third-order valence-electron chi connectivity index (χ3n) is 5.04. The minimum atomic E-state index is -3.67. The molecule has 3 rings (SSSR count). The second-order valence-corrected chi connectivity index (χ2v) is 8.87. The zero-order chi connectivity index (χ0) is 20.1. The van der Waals surface area contributed by atoms with Crippen molar-refractivity contribution >= 4 is 15.9 Å². The summed E-state index contributed by atoms with van der Waals surface area (Å²) in [6.45, 7) is 5.57. The Kier molecular flexibility index (Phi) is 6.31. The first-order valence-electron chi connectivity index (χ1n) is 9.54. The fourth-order valence-electron chi connectivity index (χ4n) is 3.44. The summed E-state index contributed by atoms with van der Waals surface area (Å²) in [6, 6.07) is 12.3. The van der Waals surface area contributed by atoms with Crippen molar-refractivity contribution in [2.45, 2.75) is 43.5 Å². The summed E-state index contributed by atoms with van der Waals surface area (Å²) >= 11 is 0. The smallest absolute Gasteiger partial charge is 0.251 e. The molecule has 1 unspecified atom stereocenters. The lowest BCUT2D eigenvalue weighted by atomic mass is 9.89. The summed E-state index contributed by atoms with van der Waals surface area (Å²) < 4.78 is 26.9. The molecule has 1 aliphatic carbocycles. The quantitative estimate of drug-likeness (QED) is 0.701. The summed E-state index contributed by atoms with van der Waals surface area (Å²) in [4.78, 5) is 12.7. The Morgan fingerprint density at radius 1 is 1.14 bits per heavy atom. The first-order valence-corrected chi connectivity index (χ1v) is 11.0. The van der Waals surface area contributed by atoms with E-state index in [1.807, 2.05) is 6.92 Å². The molecule has 0 saturated carbocycles. The van der Waals surface area contributed by atoms with Gasteiger partial charge >= 0.3 is 0 Å². The molecule has 5 nitrogen and oxygen atoms in total. The Balaban J connectivity index is 1.74. The number of nitrogens with one attached hydrogen (secondary N) is 2. The molecule has 0 bridgehead atoms. The standard InChI is InChI=1S/C22H26N2O3S/c1-3-13-23-28(26,27)21-10-6-9-20(15-21)22(25)24-16(2)18-12-11-17-7-4-5-8-19(17)14-18/h3,6,9-12,14-16,23H,1,4-5,7-8,13H2,2H3,(H,24,25). The van der Waals surface area contributed by atoms with Crippen LogP contribution in [0.3, 0.4) is 0 Å². The summed E-state index contributed by atoms with van der Waals surface area (Å²) in [7, 11) is -3.67. The molecule has 2 aromatic carbocycles. The van der Waals surface area contributed by atoms with Gasteiger partial charge in [-0.2, -0.15) is 0 Å². The molecule has 0 aliphatic heterocycles. The van der Waals surface area contributed by atoms with Gasteiger partial charge in [0.05, 0.1) is 10.9 Å². The van der Waals surface area contributed by atoms with Crippen LogP contribution in [-0.4, -0.2) is 20.9 Å². The zero-order valence-corrected chi connectivity index (χ0v) is 16.9. The highest BCUT2D eigenvalue weighted by Crippen LogP contribution is 2.25. The molecule has 0 spiro atoms. The lowest BCUT2D eigenvalue weighted by molar-refractivity contribution is 0.0939. The molecule has 1 aliphatic rings. The number of aryl methyl sites for hydroxylation is 2. The van der Waals surface area contributed by atoms with E-state index in [-0.39, 0.29) is 23.4 Å². The van der Waals surface area contributed by atoms with Crippen molar-refractivity contribution in [3.05, 3.63) is 77.4 Å². The topological polar surface area (TPSA) is 75.3 Å². The third kappa shape index (κ3) is 4.69. The predicted octanol–water partition coefficient (Wildman–Crippen LogP) is 3.52. The second-order valence-electron chi connectivity index (χ2n) is 7.10. The van der Waals surface area contributed by atoms with Crippen molar-refractivity contribution in [1.29, 1.82) is 0 Å². The number of rotatable bonds is 7. The highest BCUT2D eigenvalue weighted by atomic mass is 32.2. The molecule has 0 heterocycles. The highest BCUT2D eigenvalue weighted by molar-refractivity contribution is 7.89. The molecule has 0 radical (unpaired) electrons. The molecular weight excluding hydrogens is 372 g/mol. The van der Waals surface area contributed by atoms with Crippen LogP contribution in [0.15, 0.2) is 60.0 Å². The normalized spacial score (nSPS) is 14.8. The van der Waals surface area contributed by atoms with Crippen molar-refractivity contribution in [1.82, 2.24) is 10.0 Å². The molecule has 0 saturated heterocycles. The largest absolute Gasteiger partial charge is 0.346 e. The van der Waals surface area contributed by atoms with Gasteiger partial charge in [0.25, 0.3) is 5.91 Å². The SMILES string of the molecule is C=CCNS(=O)(=O)c1cccc(C(=O)NC(C)c2ccc3c(c2)CCCC3)c1. The molecule has 6 heteroatoms. The number of carbonyl (C=O) groups excluding carboxylic acids is 1. The summed E-state index contributed by atoms with van der Waals surface area (Å²) in [5.74, 6) is -0.300. The summed E-state index contributed by atoms with van der Waals surface area (Å²) in [5, 5.41) is 2.97. The van der Waals surface area contributed by atoms with Gasteiger partial charge in [0.2, 0.25) is 10.0 Å². The van der Waals surface area contributed by atoms with E-state index in [0.29, 0.717) is 5.56 Å². The van der Waals surface area contributed by atoms with E-state index in [1.54, 1.807) is 12.1 Å². The monoisotopic (exact) mass is 398 g/mol. The van der Waals surface area contributed by atoms with Crippen LogP contribution in [0.2, 0.25) is 0 Å². The van der Waals surface area contributed by atoms with E-state index in [0.717, 1.165) is 18.4 Å². The number of fused-ring (bicyclic) bond motifs is 1. The minimum absolute atomic E-state index is 0.0587. The average Bonchev–Trinajstić information content (AvgIpc) is 2.72. The molecule has 1 atom stereocenters. The fraction of sp³-hybridized carbons (Fsp3) is 0.318. The number of amides is 1. The van der Waals surface area contributed by atoms with Crippen LogP contribution >= 0.6 is 0 Å². The van der Waals surface area contributed by atoms with Gasteiger partial charge in [0, 0.05) is 12.1 Å². The Morgan fingerprint density at radius 3 is 2.64 bits per heavy atom. The Morgan fingerprint density at radius 2 is 1.89 bits per heavy atom. The Bertz CT molecular complexity index is 983. The van der Waals surface area contributed by atoms with E-state index in [2.05, 4.69) is 34.8 Å². The van der Waals surface area contributed by atoms with Crippen LogP contribution in [0.25, 0.3) is 0 Å². The van der Waals surface area contributed by atoms with Crippen molar-refractivity contribution < 1.29 is 13.2 Å². The minimum Gasteiger partial charge on any atom is -0.346 e. The van der Waals surface area contributed by atoms with Gasteiger partial charge in [0.15, 0.2) is 0 Å². The molecule has 0 fully saturated rings. The van der Waals surface area contributed by atoms with Gasteiger partial charge in [-0.1, -0.05) is 30.3 Å². The van der Waals surface area contributed by atoms with Crippen LogP contribution < -0.4 is 10.0 Å². The van der Waals surface area contributed by atoms with E-state index < -0.39 is 10.0 Å². The van der Waals surface area contributed by atoms with Crippen LogP contribution in [0.5, 0.6) is 0 Å². The number of benzene rings is 2. The molecular formula is C22H26N2O3S. The van der Waals surface area contributed by atoms with Crippen molar-refractivity contribution in [3.63, 3.8) is 0 Å². The average molecular weight is 399 g/mol. The molecule has 0 aromatic heterocycles. The maximum absolute atomic E-state index is 12.7. The van der Waals surface area contributed by atoms with Crippen LogP contribution in [0.1, 0.15) is 52.9 Å². The number of hydrogen-bond acceptors (Lipinski definition) is 3. The van der Waals surface area contributed by atoms with Gasteiger partial charge in [0.1, 0.15) is 0 Å². The van der Waals surface area contributed by atoms with Crippen molar-refractivity contribution in [2.24, 2.45) is 0 Å². The lowest BCUT2D eigenvalue weighted by Gasteiger charge is -2.20. The molecule has 2 N–H and O–H groups in total. The van der Waals surface area contributed by atoms with Crippen molar-refractivity contribution in [2.75, 3.05) is 6.54 Å². The van der Waals surface area contributed by atoms with Gasteiger partial charge in [-0.25, -0.2) is 13.1 Å². The van der Waals surface area contributed by atoms with Gasteiger partial charge in [-0.15, -0.1) is 6.58 Å². The lowest BCUT2D eigenvalue weighted by Crippen LogP contribution is -2.28. The zero-order valence-electron chi connectivity index (χ0n) is 16.1. The maximum Gasteiger partial charge on any atom is 0.251 e. The first-order chi connectivity index (χ1) is 13.4. The predicted molar refractivity (Wildman–Crippen MR) is 111 cm³/mol. The van der Waals surface area contributed by atoms with Gasteiger partial charge in [-0.3, -0.25) is 4.79 Å². The summed E-state index contributed by atoms with van der Waals surface area (Å²) in [6.07, 6.45) is 6.12. The molecule has 148 valence electrons. The van der Waals surface area contributed by atoms with Gasteiger partial charge < -0.3 is 5.32 Å². The number of hydrogen-bond donors (Lipinski definition) is 2. The first kappa shape index (κ1) is 20.3. The van der Waals surface area contributed by atoms with E-state index >= 15 is 0 Å². The molecule has 1 amide bonds. The van der Waals surface area contributed by atoms with Crippen molar-refractivity contribution in [3.8, 4) is 0 Å². The van der Waals surface area contributed by atoms with Crippen LogP contribution in [0, 0.1) is 0 Å². The van der Waals surface area contributed by atoms with Crippen LogP contribution in [-0.2, 0) is 22.9 Å². The van der Waals surface area contributed by atoms with E-state index in [9.17, 15) is 13.2 Å². The van der Waals surface area contributed by atoms with E-state index in [4.69, 9.17) is 0 Å². The maximum atomic E-state index is 12.7. The highest BCUT2D eigenvalue weighted by Gasteiger charge is 2.18. The molecule has 2 aromatic rings. The van der Waals surface area contributed by atoms with Crippen LogP contribution in [0.4, 0.5) is 0 Å². The summed E-state index contributed by atoms with van der Waals surface area (Å²) in [5.41, 5.74) is 4.14. The fourth-order valence-corrected chi connectivity index (χ4v) is 4.49. The Labute approximate surface area is 166 Å². The molecule has 28 heavy (non-hydrogen) atoms. The third-order valence-corrected chi connectivity index (χ3v) is 6.47. The Hall–Kier alpha value is -2.44. The van der Waals surface area contributed by atoms with E-state index in [1.165, 1.54) is 42.2 Å².